The van der Waals surface area contributed by atoms with E-state index in [2.05, 4.69) is 15.0 Å². The first-order chi connectivity index (χ1) is 15.1. The fourth-order valence-corrected chi connectivity index (χ4v) is 4.45. The van der Waals surface area contributed by atoms with E-state index in [1.165, 1.54) is 19.2 Å². The number of ketones is 1. The average Bonchev–Trinajstić information content (AvgIpc) is 3.45. The van der Waals surface area contributed by atoms with Crippen molar-refractivity contribution in [3.63, 3.8) is 0 Å². The molecule has 2 N–H and O–H groups in total. The number of amides is 1. The van der Waals surface area contributed by atoms with Crippen LogP contribution in [-0.2, 0) is 6.18 Å². The van der Waals surface area contributed by atoms with Crippen molar-refractivity contribution < 1.29 is 22.8 Å². The highest BCUT2D eigenvalue weighted by atomic mass is 19.4. The van der Waals surface area contributed by atoms with Crippen molar-refractivity contribution in [1.29, 1.82) is 0 Å². The lowest BCUT2D eigenvalue weighted by molar-refractivity contribution is -0.137. The van der Waals surface area contributed by atoms with Gasteiger partial charge in [-0.3, -0.25) is 9.59 Å². The molecule has 3 aromatic rings. The van der Waals surface area contributed by atoms with Crippen LogP contribution < -0.4 is 0 Å². The number of alkyl halides is 3. The second-order valence-corrected chi connectivity index (χ2v) is 8.10. The largest absolute Gasteiger partial charge is 0.416 e. The summed E-state index contributed by atoms with van der Waals surface area (Å²) in [6.45, 7) is 5.50. The van der Waals surface area contributed by atoms with Gasteiger partial charge in [0.1, 0.15) is 11.5 Å². The Morgan fingerprint density at radius 2 is 1.94 bits per heavy atom. The smallest absolute Gasteiger partial charge is 0.354 e. The number of halogens is 3. The molecule has 0 radical (unpaired) electrons. The van der Waals surface area contributed by atoms with E-state index in [-0.39, 0.29) is 17.7 Å². The van der Waals surface area contributed by atoms with Crippen molar-refractivity contribution in [2.24, 2.45) is 0 Å². The van der Waals surface area contributed by atoms with Gasteiger partial charge in [0.05, 0.1) is 23.5 Å². The molecular formula is C23H23F3N4O2. The number of hydrogen-bond donors (Lipinski definition) is 2. The SMILES string of the molecule is CC(=O)c1c(C)[nH]c(C(=O)N2CCC[C@H]2c2ncc(-c3cccc(C(F)(F)F)c3)[nH]2)c1C. The lowest BCUT2D eigenvalue weighted by Crippen LogP contribution is -2.31. The van der Waals surface area contributed by atoms with E-state index in [1.54, 1.807) is 24.8 Å². The average molecular weight is 444 g/mol. The van der Waals surface area contributed by atoms with Crippen LogP contribution in [0.1, 0.15) is 69.3 Å². The molecule has 0 bridgehead atoms. The number of nitrogens with one attached hydrogen (secondary N) is 2. The number of likely N-dealkylation sites (tertiary alicyclic amines) is 1. The zero-order valence-corrected chi connectivity index (χ0v) is 17.9. The standard InChI is InChI=1S/C23H23F3N4O2/c1-12-19(14(3)31)13(2)28-20(12)22(32)30-9-5-8-18(30)21-27-11-17(29-21)15-6-4-7-16(10-15)23(24,25)26/h4,6-7,10-11,18,28H,5,8-9H2,1-3H3,(H,27,29)/t18-/m0/s1. The zero-order chi connectivity index (χ0) is 23.2. The Kier molecular flexibility index (Phi) is 5.44. The van der Waals surface area contributed by atoms with Gasteiger partial charge >= 0.3 is 6.18 Å². The molecule has 1 aliphatic rings. The van der Waals surface area contributed by atoms with Gasteiger partial charge in [-0.1, -0.05) is 12.1 Å². The summed E-state index contributed by atoms with van der Waals surface area (Å²) in [4.78, 5) is 37.4. The summed E-state index contributed by atoms with van der Waals surface area (Å²) in [5.41, 5.74) is 2.27. The first-order valence-electron chi connectivity index (χ1n) is 10.3. The molecule has 0 spiro atoms. The second kappa shape index (κ2) is 7.96. The van der Waals surface area contributed by atoms with E-state index in [0.717, 1.165) is 18.6 Å². The van der Waals surface area contributed by atoms with Crippen LogP contribution in [0.2, 0.25) is 0 Å². The first-order valence-corrected chi connectivity index (χ1v) is 10.3. The number of aryl methyl sites for hydroxylation is 1. The topological polar surface area (TPSA) is 81.8 Å². The quantitative estimate of drug-likeness (QED) is 0.542. The van der Waals surface area contributed by atoms with Crippen LogP contribution in [0.25, 0.3) is 11.3 Å². The summed E-state index contributed by atoms with van der Waals surface area (Å²) in [7, 11) is 0. The molecule has 4 rings (SSSR count). The number of aromatic amines is 2. The van der Waals surface area contributed by atoms with Crippen LogP contribution in [0.5, 0.6) is 0 Å². The van der Waals surface area contributed by atoms with E-state index in [1.807, 2.05) is 0 Å². The number of H-pyrrole nitrogens is 2. The van der Waals surface area contributed by atoms with Crippen LogP contribution in [0.3, 0.4) is 0 Å². The molecule has 0 aliphatic carbocycles. The molecule has 1 aliphatic heterocycles. The van der Waals surface area contributed by atoms with Crippen LogP contribution >= 0.6 is 0 Å². The molecular weight excluding hydrogens is 421 g/mol. The number of rotatable bonds is 4. The highest BCUT2D eigenvalue weighted by Crippen LogP contribution is 2.35. The van der Waals surface area contributed by atoms with Gasteiger partial charge in [-0.05, 0) is 51.3 Å². The predicted molar refractivity (Wildman–Crippen MR) is 112 cm³/mol. The van der Waals surface area contributed by atoms with E-state index < -0.39 is 11.7 Å². The molecule has 1 atom stereocenters. The zero-order valence-electron chi connectivity index (χ0n) is 17.9. The van der Waals surface area contributed by atoms with Gasteiger partial charge in [-0.2, -0.15) is 13.2 Å². The molecule has 0 saturated carbocycles. The van der Waals surface area contributed by atoms with Gasteiger partial charge in [-0.25, -0.2) is 4.98 Å². The Morgan fingerprint density at radius 1 is 1.19 bits per heavy atom. The summed E-state index contributed by atoms with van der Waals surface area (Å²) in [5.74, 6) is 0.193. The Balaban J connectivity index is 1.62. The molecule has 1 aromatic carbocycles. The third kappa shape index (κ3) is 3.83. The molecule has 1 amide bonds. The van der Waals surface area contributed by atoms with Crippen LogP contribution in [0, 0.1) is 13.8 Å². The van der Waals surface area contributed by atoms with Crippen molar-refractivity contribution in [3.8, 4) is 11.3 Å². The van der Waals surface area contributed by atoms with Gasteiger partial charge in [0.25, 0.3) is 5.91 Å². The Hall–Kier alpha value is -3.36. The molecule has 32 heavy (non-hydrogen) atoms. The summed E-state index contributed by atoms with van der Waals surface area (Å²) < 4.78 is 39.2. The second-order valence-electron chi connectivity index (χ2n) is 8.10. The van der Waals surface area contributed by atoms with E-state index in [0.29, 0.717) is 52.6 Å². The highest BCUT2D eigenvalue weighted by Gasteiger charge is 2.35. The Morgan fingerprint density at radius 3 is 2.59 bits per heavy atom. The number of carbonyl (C=O) groups is 2. The Labute approximate surface area is 182 Å². The van der Waals surface area contributed by atoms with Gasteiger partial charge in [0, 0.05) is 23.4 Å². The van der Waals surface area contributed by atoms with Crippen molar-refractivity contribution >= 4 is 11.7 Å². The predicted octanol–water partition coefficient (Wildman–Crippen LogP) is 5.22. The minimum absolute atomic E-state index is 0.106. The van der Waals surface area contributed by atoms with Crippen molar-refractivity contribution in [2.75, 3.05) is 6.54 Å². The number of aromatic nitrogens is 3. The molecule has 1 saturated heterocycles. The van der Waals surface area contributed by atoms with Crippen molar-refractivity contribution in [1.82, 2.24) is 19.9 Å². The maximum atomic E-state index is 13.3. The maximum absolute atomic E-state index is 13.3. The number of hydrogen-bond acceptors (Lipinski definition) is 3. The highest BCUT2D eigenvalue weighted by molar-refractivity contribution is 6.02. The number of carbonyl (C=O) groups excluding carboxylic acids is 2. The van der Waals surface area contributed by atoms with Crippen LogP contribution in [0.15, 0.2) is 30.5 Å². The molecule has 2 aromatic heterocycles. The van der Waals surface area contributed by atoms with Crippen LogP contribution in [-0.4, -0.2) is 38.1 Å². The maximum Gasteiger partial charge on any atom is 0.416 e. The third-order valence-electron chi connectivity index (χ3n) is 5.93. The first kappa shape index (κ1) is 21.9. The van der Waals surface area contributed by atoms with Crippen LogP contribution in [0.4, 0.5) is 13.2 Å². The molecule has 168 valence electrons. The molecule has 0 unspecified atom stereocenters. The fourth-order valence-electron chi connectivity index (χ4n) is 4.45. The summed E-state index contributed by atoms with van der Waals surface area (Å²) in [6, 6.07) is 4.70. The van der Waals surface area contributed by atoms with Crippen molar-refractivity contribution in [2.45, 2.75) is 45.8 Å². The summed E-state index contributed by atoms with van der Waals surface area (Å²) >= 11 is 0. The van der Waals surface area contributed by atoms with Gasteiger partial charge in [-0.15, -0.1) is 0 Å². The van der Waals surface area contributed by atoms with Crippen molar-refractivity contribution in [3.05, 3.63) is 64.4 Å². The molecule has 1 fully saturated rings. The summed E-state index contributed by atoms with van der Waals surface area (Å²) in [5, 5.41) is 0. The monoisotopic (exact) mass is 444 g/mol. The minimum atomic E-state index is -4.43. The number of imidazole rings is 1. The number of nitrogens with zero attached hydrogens (tertiary/aromatic N) is 2. The minimum Gasteiger partial charge on any atom is -0.354 e. The normalized spacial score (nSPS) is 16.6. The molecule has 3 heterocycles. The Bertz CT molecular complexity index is 1190. The number of Topliss-reactive ketones (excluding diaryl/α,β-unsaturated/α-hetero) is 1. The van der Waals surface area contributed by atoms with Gasteiger partial charge < -0.3 is 14.9 Å². The van der Waals surface area contributed by atoms with E-state index in [4.69, 9.17) is 0 Å². The van der Waals surface area contributed by atoms with Gasteiger partial charge in [0.15, 0.2) is 5.78 Å². The van der Waals surface area contributed by atoms with E-state index in [9.17, 15) is 22.8 Å². The van der Waals surface area contributed by atoms with E-state index >= 15 is 0 Å². The molecule has 6 nitrogen and oxygen atoms in total. The molecule has 9 heteroatoms. The van der Waals surface area contributed by atoms with Gasteiger partial charge in [0.2, 0.25) is 0 Å². The number of benzene rings is 1. The lowest BCUT2D eigenvalue weighted by Gasteiger charge is -2.23. The summed E-state index contributed by atoms with van der Waals surface area (Å²) in [6.07, 6.45) is -1.49. The fraction of sp³-hybridized carbons (Fsp3) is 0.348. The lowest BCUT2D eigenvalue weighted by atomic mass is 10.1. The third-order valence-corrected chi connectivity index (χ3v) is 5.93.